The number of carbonyl (C=O) groups is 1. The minimum atomic E-state index is -0.463. The van der Waals surface area contributed by atoms with E-state index in [1.807, 2.05) is 58.9 Å². The molecule has 124 valence electrons. The van der Waals surface area contributed by atoms with Crippen LogP contribution in [0, 0.1) is 0 Å². The number of ether oxygens (including phenoxy) is 1. The highest BCUT2D eigenvalue weighted by molar-refractivity contribution is 6.62. The molecule has 3 rings (SSSR count). The third kappa shape index (κ3) is 2.70. The first-order valence-electron chi connectivity index (χ1n) is 8.35. The number of esters is 1. The molecule has 0 amide bonds. The molecule has 4 nitrogen and oxygen atoms in total. The highest BCUT2D eigenvalue weighted by Crippen LogP contribution is 2.49. The van der Waals surface area contributed by atoms with Gasteiger partial charge < -0.3 is 14.0 Å². The molecule has 0 N–H and O–H groups in total. The van der Waals surface area contributed by atoms with E-state index in [2.05, 4.69) is 0 Å². The molecule has 1 aromatic rings. The van der Waals surface area contributed by atoms with Crippen molar-refractivity contribution < 1.29 is 18.8 Å². The van der Waals surface area contributed by atoms with Crippen LogP contribution in [0.3, 0.4) is 0 Å². The van der Waals surface area contributed by atoms with Crippen LogP contribution in [0.15, 0.2) is 24.3 Å². The SMILES string of the molecule is CCOC(=O)C1(c2cccc(B3OC(C)(C)C(C)(C)O3)c2)CC1. The zero-order valence-corrected chi connectivity index (χ0v) is 14.6. The molecule has 0 radical (unpaired) electrons. The summed E-state index contributed by atoms with van der Waals surface area (Å²) in [5, 5.41) is 0. The van der Waals surface area contributed by atoms with Crippen LogP contribution in [0.25, 0.3) is 0 Å². The van der Waals surface area contributed by atoms with Crippen molar-refractivity contribution in [1.29, 1.82) is 0 Å². The monoisotopic (exact) mass is 316 g/mol. The Bertz CT molecular complexity index is 603. The number of benzene rings is 1. The highest BCUT2D eigenvalue weighted by atomic mass is 16.7. The second kappa shape index (κ2) is 5.35. The zero-order valence-electron chi connectivity index (χ0n) is 14.6. The van der Waals surface area contributed by atoms with Crippen molar-refractivity contribution in [2.45, 2.75) is 64.1 Å². The average Bonchev–Trinajstić information content (AvgIpc) is 3.24. The molecule has 2 aliphatic rings. The second-order valence-electron chi connectivity index (χ2n) is 7.52. The van der Waals surface area contributed by atoms with Gasteiger partial charge in [0, 0.05) is 0 Å². The molecule has 0 bridgehead atoms. The van der Waals surface area contributed by atoms with Gasteiger partial charge in [0.25, 0.3) is 0 Å². The van der Waals surface area contributed by atoms with Crippen molar-refractivity contribution in [3.8, 4) is 0 Å². The Balaban J connectivity index is 1.86. The molecule has 0 unspecified atom stereocenters. The number of hydrogen-bond donors (Lipinski definition) is 0. The summed E-state index contributed by atoms with van der Waals surface area (Å²) in [7, 11) is -0.405. The molecule has 0 atom stereocenters. The van der Waals surface area contributed by atoms with Crippen LogP contribution in [-0.2, 0) is 24.3 Å². The maximum absolute atomic E-state index is 12.3. The van der Waals surface area contributed by atoms with Crippen molar-refractivity contribution in [1.82, 2.24) is 0 Å². The van der Waals surface area contributed by atoms with Gasteiger partial charge in [-0.3, -0.25) is 4.79 Å². The Kier molecular flexibility index (Phi) is 3.85. The molecule has 0 spiro atoms. The van der Waals surface area contributed by atoms with Gasteiger partial charge in [-0.25, -0.2) is 0 Å². The lowest BCUT2D eigenvalue weighted by atomic mass is 9.77. The Morgan fingerprint density at radius 2 is 1.78 bits per heavy atom. The van der Waals surface area contributed by atoms with Crippen LogP contribution in [0.2, 0.25) is 0 Å². The van der Waals surface area contributed by atoms with E-state index in [4.69, 9.17) is 14.0 Å². The molecule has 2 fully saturated rings. The fraction of sp³-hybridized carbons (Fsp3) is 0.611. The van der Waals surface area contributed by atoms with Gasteiger partial charge in [0.15, 0.2) is 0 Å². The van der Waals surface area contributed by atoms with E-state index in [1.54, 1.807) is 0 Å². The number of carbonyl (C=O) groups excluding carboxylic acids is 1. The van der Waals surface area contributed by atoms with Crippen LogP contribution >= 0.6 is 0 Å². The lowest BCUT2D eigenvalue weighted by Gasteiger charge is -2.32. The second-order valence-corrected chi connectivity index (χ2v) is 7.52. The molecule has 1 saturated heterocycles. The summed E-state index contributed by atoms with van der Waals surface area (Å²) in [6, 6.07) is 7.99. The molecule has 1 aliphatic carbocycles. The van der Waals surface area contributed by atoms with E-state index in [9.17, 15) is 4.79 Å². The van der Waals surface area contributed by atoms with E-state index in [-0.39, 0.29) is 17.2 Å². The largest absolute Gasteiger partial charge is 0.494 e. The smallest absolute Gasteiger partial charge is 0.465 e. The first-order chi connectivity index (χ1) is 10.7. The fourth-order valence-corrected chi connectivity index (χ4v) is 2.97. The van der Waals surface area contributed by atoms with Crippen molar-refractivity contribution in [3.05, 3.63) is 29.8 Å². The summed E-state index contributed by atoms with van der Waals surface area (Å²) >= 11 is 0. The highest BCUT2D eigenvalue weighted by Gasteiger charge is 2.54. The summed E-state index contributed by atoms with van der Waals surface area (Å²) in [5.41, 5.74) is 0.758. The van der Waals surface area contributed by atoms with E-state index in [1.165, 1.54) is 0 Å². The predicted octanol–water partition coefficient (Wildman–Crippen LogP) is 2.58. The number of hydrogen-bond acceptors (Lipinski definition) is 4. The predicted molar refractivity (Wildman–Crippen MR) is 89.7 cm³/mol. The summed E-state index contributed by atoms with van der Waals surface area (Å²) in [4.78, 5) is 12.3. The van der Waals surface area contributed by atoms with Gasteiger partial charge in [0.1, 0.15) is 0 Å². The standard InChI is InChI=1S/C18H25BO4/c1-6-21-15(20)18(10-11-18)13-8-7-9-14(12-13)19-22-16(2,3)17(4,5)23-19/h7-9,12H,6,10-11H2,1-5H3. The summed E-state index contributed by atoms with van der Waals surface area (Å²) in [5.74, 6) is -0.119. The maximum atomic E-state index is 12.3. The summed E-state index contributed by atoms with van der Waals surface area (Å²) in [6.07, 6.45) is 1.69. The van der Waals surface area contributed by atoms with Crippen LogP contribution in [0.4, 0.5) is 0 Å². The minimum Gasteiger partial charge on any atom is -0.465 e. The molecular weight excluding hydrogens is 291 g/mol. The van der Waals surface area contributed by atoms with Crippen molar-refractivity contribution in [3.63, 3.8) is 0 Å². The van der Waals surface area contributed by atoms with Gasteiger partial charge in [-0.15, -0.1) is 0 Å². The van der Waals surface area contributed by atoms with Crippen LogP contribution in [0.1, 0.15) is 53.0 Å². The van der Waals surface area contributed by atoms with E-state index >= 15 is 0 Å². The Hall–Kier alpha value is -1.33. The molecule has 1 aliphatic heterocycles. The first kappa shape index (κ1) is 16.5. The van der Waals surface area contributed by atoms with Gasteiger partial charge in [-0.2, -0.15) is 0 Å². The van der Waals surface area contributed by atoms with Gasteiger partial charge >= 0.3 is 13.1 Å². The normalized spacial score (nSPS) is 23.6. The van der Waals surface area contributed by atoms with Gasteiger partial charge in [0.05, 0.1) is 23.2 Å². The molecular formula is C18H25BO4. The molecule has 1 saturated carbocycles. The quantitative estimate of drug-likeness (QED) is 0.633. The van der Waals surface area contributed by atoms with Crippen LogP contribution in [-0.4, -0.2) is 30.9 Å². The van der Waals surface area contributed by atoms with Crippen LogP contribution < -0.4 is 5.46 Å². The van der Waals surface area contributed by atoms with E-state index in [0.717, 1.165) is 23.9 Å². The first-order valence-corrected chi connectivity index (χ1v) is 8.35. The van der Waals surface area contributed by atoms with Crippen molar-refractivity contribution in [2.24, 2.45) is 0 Å². The average molecular weight is 316 g/mol. The maximum Gasteiger partial charge on any atom is 0.494 e. The van der Waals surface area contributed by atoms with Gasteiger partial charge in [-0.05, 0) is 58.5 Å². The lowest BCUT2D eigenvalue weighted by Crippen LogP contribution is -2.41. The Morgan fingerprint density at radius 3 is 2.30 bits per heavy atom. The summed E-state index contributed by atoms with van der Waals surface area (Å²) < 4.78 is 17.5. The molecule has 1 aromatic carbocycles. The fourth-order valence-electron chi connectivity index (χ4n) is 2.97. The Morgan fingerprint density at radius 1 is 1.17 bits per heavy atom. The molecule has 5 heteroatoms. The van der Waals surface area contributed by atoms with E-state index < -0.39 is 12.5 Å². The van der Waals surface area contributed by atoms with Crippen molar-refractivity contribution in [2.75, 3.05) is 6.61 Å². The minimum absolute atomic E-state index is 0.119. The molecule has 0 aromatic heterocycles. The third-order valence-corrected chi connectivity index (χ3v) is 5.38. The zero-order chi connectivity index (χ0) is 16.9. The third-order valence-electron chi connectivity index (χ3n) is 5.38. The Labute approximate surface area is 138 Å². The molecule has 23 heavy (non-hydrogen) atoms. The summed E-state index contributed by atoms with van der Waals surface area (Å²) in [6.45, 7) is 10.4. The lowest BCUT2D eigenvalue weighted by molar-refractivity contribution is -0.146. The topological polar surface area (TPSA) is 44.8 Å². The van der Waals surface area contributed by atoms with Crippen molar-refractivity contribution >= 4 is 18.6 Å². The van der Waals surface area contributed by atoms with E-state index in [0.29, 0.717) is 6.61 Å². The van der Waals surface area contributed by atoms with Gasteiger partial charge in [0.2, 0.25) is 0 Å². The van der Waals surface area contributed by atoms with Gasteiger partial charge in [-0.1, -0.05) is 24.3 Å². The number of rotatable bonds is 4. The molecule has 1 heterocycles. The van der Waals surface area contributed by atoms with Crippen LogP contribution in [0.5, 0.6) is 0 Å².